The Bertz CT molecular complexity index is 270. The molecule has 0 saturated carbocycles. The van der Waals surface area contributed by atoms with Crippen LogP contribution in [0.4, 0.5) is 0 Å². The van der Waals surface area contributed by atoms with Gasteiger partial charge >= 0.3 is 0 Å². The molecule has 21 heavy (non-hydrogen) atoms. The standard InChI is InChI=1S/C13H26O6P2/c1-5-14-11(3)20-16-7-13(8-17-20)9-18-21(19-10-13)12(4)15-6-2/h11-12H,5-10H2,1-4H3. The molecular weight excluding hydrogens is 314 g/mol. The van der Waals surface area contributed by atoms with Gasteiger partial charge in [-0.1, -0.05) is 0 Å². The first kappa shape index (κ1) is 18.0. The van der Waals surface area contributed by atoms with E-state index in [2.05, 4.69) is 0 Å². The van der Waals surface area contributed by atoms with Crippen molar-refractivity contribution >= 4 is 16.8 Å². The fraction of sp³-hybridized carbons (Fsp3) is 1.00. The summed E-state index contributed by atoms with van der Waals surface area (Å²) in [6.45, 7) is 11.7. The number of ether oxygens (including phenoxy) is 2. The summed E-state index contributed by atoms with van der Waals surface area (Å²) in [6.07, 6.45) is 0. The van der Waals surface area contributed by atoms with Crippen molar-refractivity contribution in [1.82, 2.24) is 0 Å². The minimum Gasteiger partial charge on any atom is -0.369 e. The third-order valence-corrected chi connectivity index (χ3v) is 6.42. The lowest BCUT2D eigenvalue weighted by Gasteiger charge is -2.44. The Morgan fingerprint density at radius 2 is 1.14 bits per heavy atom. The molecule has 0 radical (unpaired) electrons. The SMILES string of the molecule is CCOC(C)P1OCC2(CO1)COP(C(C)OCC)OC2. The molecule has 2 unspecified atom stereocenters. The van der Waals surface area contributed by atoms with E-state index in [0.717, 1.165) is 0 Å². The van der Waals surface area contributed by atoms with Crippen molar-refractivity contribution in [3.63, 3.8) is 0 Å². The molecule has 2 fully saturated rings. The van der Waals surface area contributed by atoms with Gasteiger partial charge in [0.1, 0.15) is 11.7 Å². The first-order chi connectivity index (χ1) is 10.1. The summed E-state index contributed by atoms with van der Waals surface area (Å²) in [5, 5.41) is 0. The van der Waals surface area contributed by atoms with Gasteiger partial charge in [0.25, 0.3) is 0 Å². The van der Waals surface area contributed by atoms with Crippen LogP contribution in [0.15, 0.2) is 0 Å². The van der Waals surface area contributed by atoms with Crippen molar-refractivity contribution < 1.29 is 27.6 Å². The van der Waals surface area contributed by atoms with E-state index >= 15 is 0 Å². The largest absolute Gasteiger partial charge is 0.369 e. The van der Waals surface area contributed by atoms with Gasteiger partial charge in [0, 0.05) is 13.2 Å². The summed E-state index contributed by atoms with van der Waals surface area (Å²) < 4.78 is 34.5. The van der Waals surface area contributed by atoms with Gasteiger partial charge < -0.3 is 27.6 Å². The van der Waals surface area contributed by atoms with Gasteiger partial charge in [0.05, 0.1) is 31.8 Å². The van der Waals surface area contributed by atoms with E-state index in [4.69, 9.17) is 27.6 Å². The molecule has 0 aromatic heterocycles. The average Bonchev–Trinajstić information content (AvgIpc) is 2.49. The summed E-state index contributed by atoms with van der Waals surface area (Å²) in [5.74, 6) is 0.00533. The molecular formula is C13H26O6P2. The highest BCUT2D eigenvalue weighted by atomic mass is 31.2. The van der Waals surface area contributed by atoms with E-state index in [1.807, 2.05) is 27.7 Å². The fourth-order valence-corrected chi connectivity index (χ4v) is 5.29. The Hall–Kier alpha value is 0.620. The molecule has 6 nitrogen and oxygen atoms in total. The van der Waals surface area contributed by atoms with E-state index in [-0.39, 0.29) is 17.1 Å². The van der Waals surface area contributed by atoms with E-state index in [1.54, 1.807) is 0 Å². The molecule has 2 aliphatic rings. The number of hydrogen-bond donors (Lipinski definition) is 0. The maximum atomic E-state index is 5.86. The minimum atomic E-state index is -0.972. The third-order valence-electron chi connectivity index (χ3n) is 3.40. The zero-order valence-electron chi connectivity index (χ0n) is 13.2. The van der Waals surface area contributed by atoms with Crippen molar-refractivity contribution in [2.45, 2.75) is 39.4 Å². The molecule has 2 aliphatic heterocycles. The van der Waals surface area contributed by atoms with Crippen molar-refractivity contribution in [1.29, 1.82) is 0 Å². The van der Waals surface area contributed by atoms with Gasteiger partial charge in [-0.3, -0.25) is 0 Å². The summed E-state index contributed by atoms with van der Waals surface area (Å²) in [4.78, 5) is 0. The average molecular weight is 340 g/mol. The van der Waals surface area contributed by atoms with Crippen molar-refractivity contribution in [3.05, 3.63) is 0 Å². The van der Waals surface area contributed by atoms with Gasteiger partial charge in [-0.05, 0) is 27.7 Å². The quantitative estimate of drug-likeness (QED) is 0.690. The van der Waals surface area contributed by atoms with Crippen molar-refractivity contribution in [3.8, 4) is 0 Å². The molecule has 0 N–H and O–H groups in total. The second-order valence-electron chi connectivity index (χ2n) is 5.27. The van der Waals surface area contributed by atoms with Crippen molar-refractivity contribution in [2.24, 2.45) is 5.41 Å². The Morgan fingerprint density at radius 1 is 0.810 bits per heavy atom. The summed E-state index contributed by atoms with van der Waals surface area (Å²) in [7, 11) is -1.94. The van der Waals surface area contributed by atoms with Crippen LogP contribution in [0.25, 0.3) is 0 Å². The summed E-state index contributed by atoms with van der Waals surface area (Å²) >= 11 is 0. The first-order valence-electron chi connectivity index (χ1n) is 7.43. The Kier molecular flexibility index (Phi) is 7.24. The molecule has 2 heterocycles. The molecule has 0 aromatic carbocycles. The van der Waals surface area contributed by atoms with Gasteiger partial charge in [-0.2, -0.15) is 0 Å². The molecule has 0 bridgehead atoms. The molecule has 0 amide bonds. The van der Waals surface area contributed by atoms with Crippen LogP contribution in [0, 0.1) is 5.41 Å². The van der Waals surface area contributed by atoms with E-state index in [0.29, 0.717) is 39.6 Å². The highest BCUT2D eigenvalue weighted by Gasteiger charge is 2.44. The normalized spacial score (nSPS) is 36.6. The third kappa shape index (κ3) is 4.79. The Morgan fingerprint density at radius 3 is 1.43 bits per heavy atom. The topological polar surface area (TPSA) is 55.4 Å². The zero-order valence-corrected chi connectivity index (χ0v) is 15.0. The van der Waals surface area contributed by atoms with E-state index < -0.39 is 16.8 Å². The molecule has 1 spiro atoms. The van der Waals surface area contributed by atoms with Gasteiger partial charge in [0.2, 0.25) is 16.8 Å². The predicted molar refractivity (Wildman–Crippen MR) is 82.3 cm³/mol. The lowest BCUT2D eigenvalue weighted by molar-refractivity contribution is -0.0652. The molecule has 2 rings (SSSR count). The van der Waals surface area contributed by atoms with Gasteiger partial charge in [-0.15, -0.1) is 0 Å². The van der Waals surface area contributed by atoms with Gasteiger partial charge in [-0.25, -0.2) is 0 Å². The second-order valence-corrected chi connectivity index (χ2v) is 8.90. The minimum absolute atomic E-state index is 0.00266. The summed E-state index contributed by atoms with van der Waals surface area (Å²) in [5.41, 5.74) is -0.185. The Labute approximate surface area is 129 Å². The van der Waals surface area contributed by atoms with Crippen LogP contribution in [0.3, 0.4) is 0 Å². The number of hydrogen-bond acceptors (Lipinski definition) is 6. The van der Waals surface area contributed by atoms with Crippen LogP contribution in [0.1, 0.15) is 27.7 Å². The fourth-order valence-electron chi connectivity index (χ4n) is 2.15. The van der Waals surface area contributed by atoms with Gasteiger partial charge in [0.15, 0.2) is 0 Å². The van der Waals surface area contributed by atoms with Crippen LogP contribution in [-0.4, -0.2) is 51.3 Å². The Balaban J connectivity index is 1.77. The van der Waals surface area contributed by atoms with Crippen LogP contribution in [0.5, 0.6) is 0 Å². The van der Waals surface area contributed by atoms with Crippen molar-refractivity contribution in [2.75, 3.05) is 39.6 Å². The molecule has 0 aromatic rings. The van der Waals surface area contributed by atoms with E-state index in [1.165, 1.54) is 0 Å². The highest BCUT2D eigenvalue weighted by molar-refractivity contribution is 7.48. The lowest BCUT2D eigenvalue weighted by Crippen LogP contribution is -2.45. The van der Waals surface area contributed by atoms with E-state index in [9.17, 15) is 0 Å². The second kappa shape index (κ2) is 8.47. The predicted octanol–water partition coefficient (Wildman–Crippen LogP) is 3.46. The van der Waals surface area contributed by atoms with Crippen LogP contribution < -0.4 is 0 Å². The maximum absolute atomic E-state index is 5.86. The van der Waals surface area contributed by atoms with Crippen LogP contribution in [0.2, 0.25) is 0 Å². The zero-order chi connectivity index (χ0) is 15.3. The van der Waals surface area contributed by atoms with Crippen LogP contribution >= 0.6 is 16.8 Å². The molecule has 0 aliphatic carbocycles. The smallest absolute Gasteiger partial charge is 0.201 e. The highest BCUT2D eigenvalue weighted by Crippen LogP contribution is 2.55. The monoisotopic (exact) mass is 340 g/mol. The molecule has 124 valence electrons. The van der Waals surface area contributed by atoms with Crippen LogP contribution in [-0.2, 0) is 27.6 Å². The molecule has 2 atom stereocenters. The summed E-state index contributed by atoms with van der Waals surface area (Å²) in [6, 6.07) is 0. The number of rotatable bonds is 6. The molecule has 2 saturated heterocycles. The first-order valence-corrected chi connectivity index (χ1v) is 9.93. The lowest BCUT2D eigenvalue weighted by atomic mass is 9.93. The maximum Gasteiger partial charge on any atom is 0.201 e. The molecule has 8 heteroatoms.